The van der Waals surface area contributed by atoms with Crippen molar-refractivity contribution in [3.05, 3.63) is 21.9 Å². The Morgan fingerprint density at radius 3 is 3.23 bits per heavy atom. The van der Waals surface area contributed by atoms with Crippen molar-refractivity contribution in [2.75, 3.05) is 7.05 Å². The summed E-state index contributed by atoms with van der Waals surface area (Å²) in [5.74, 6) is 0. The fourth-order valence-electron chi connectivity index (χ4n) is 1.99. The Kier molecular flexibility index (Phi) is 2.10. The van der Waals surface area contributed by atoms with Gasteiger partial charge in [0.15, 0.2) is 0 Å². The van der Waals surface area contributed by atoms with Crippen LogP contribution >= 0.6 is 11.3 Å². The predicted molar refractivity (Wildman–Crippen MR) is 53.6 cm³/mol. The molecular weight excluding hydrogens is 180 g/mol. The Labute approximate surface area is 82.2 Å². The second-order valence-electron chi connectivity index (χ2n) is 3.38. The van der Waals surface area contributed by atoms with E-state index < -0.39 is 5.54 Å². The molecule has 0 fully saturated rings. The smallest absolute Gasteiger partial charge is 0.133 e. The van der Waals surface area contributed by atoms with Gasteiger partial charge in [-0.05, 0) is 37.8 Å². The molecule has 0 aromatic carbocycles. The highest BCUT2D eigenvalue weighted by Gasteiger charge is 2.35. The standard InChI is InChI=1S/C10H12N2S/c1-12-10(7-11)5-2-3-9-8(10)4-6-13-9/h4,6,12H,2-3,5H2,1H3. The highest BCUT2D eigenvalue weighted by molar-refractivity contribution is 7.10. The summed E-state index contributed by atoms with van der Waals surface area (Å²) >= 11 is 1.77. The molecule has 1 heterocycles. The number of nitrogens with one attached hydrogen (secondary N) is 1. The fourth-order valence-corrected chi connectivity index (χ4v) is 2.99. The Morgan fingerprint density at radius 2 is 2.54 bits per heavy atom. The number of hydrogen-bond donors (Lipinski definition) is 1. The predicted octanol–water partition coefficient (Wildman–Crippen LogP) is 2.02. The summed E-state index contributed by atoms with van der Waals surface area (Å²) < 4.78 is 0. The van der Waals surface area contributed by atoms with Gasteiger partial charge in [-0.1, -0.05) is 0 Å². The van der Waals surface area contributed by atoms with E-state index in [0.717, 1.165) is 19.3 Å². The van der Waals surface area contributed by atoms with Gasteiger partial charge >= 0.3 is 0 Å². The van der Waals surface area contributed by atoms with Gasteiger partial charge in [-0.25, -0.2) is 0 Å². The third-order valence-corrected chi connectivity index (χ3v) is 3.76. The normalized spacial score (nSPS) is 26.5. The van der Waals surface area contributed by atoms with Crippen LogP contribution in [0.15, 0.2) is 11.4 Å². The topological polar surface area (TPSA) is 35.8 Å². The first-order valence-corrected chi connectivity index (χ1v) is 5.37. The van der Waals surface area contributed by atoms with E-state index in [1.54, 1.807) is 11.3 Å². The summed E-state index contributed by atoms with van der Waals surface area (Å²) in [5, 5.41) is 14.4. The van der Waals surface area contributed by atoms with E-state index in [2.05, 4.69) is 22.8 Å². The van der Waals surface area contributed by atoms with Crippen molar-refractivity contribution in [3.63, 3.8) is 0 Å². The Morgan fingerprint density at radius 1 is 1.69 bits per heavy atom. The van der Waals surface area contributed by atoms with Crippen molar-refractivity contribution in [1.29, 1.82) is 5.26 Å². The number of hydrogen-bond acceptors (Lipinski definition) is 3. The molecule has 0 saturated carbocycles. The Balaban J connectivity index is 2.51. The zero-order valence-corrected chi connectivity index (χ0v) is 8.45. The Bertz CT molecular complexity index is 350. The monoisotopic (exact) mass is 192 g/mol. The molecule has 0 amide bonds. The van der Waals surface area contributed by atoms with Crippen molar-refractivity contribution >= 4 is 11.3 Å². The molecule has 2 rings (SSSR count). The van der Waals surface area contributed by atoms with Gasteiger partial charge in [0.05, 0.1) is 6.07 Å². The molecule has 3 heteroatoms. The van der Waals surface area contributed by atoms with Gasteiger partial charge in [0.25, 0.3) is 0 Å². The van der Waals surface area contributed by atoms with E-state index in [9.17, 15) is 5.26 Å². The average Bonchev–Trinajstić information content (AvgIpc) is 2.65. The lowest BCUT2D eigenvalue weighted by atomic mass is 9.81. The van der Waals surface area contributed by atoms with Gasteiger partial charge in [-0.15, -0.1) is 11.3 Å². The summed E-state index contributed by atoms with van der Waals surface area (Å²) in [4.78, 5) is 1.38. The zero-order valence-electron chi connectivity index (χ0n) is 7.63. The number of rotatable bonds is 1. The van der Waals surface area contributed by atoms with E-state index in [1.165, 1.54) is 10.4 Å². The fraction of sp³-hybridized carbons (Fsp3) is 0.500. The van der Waals surface area contributed by atoms with Gasteiger partial charge in [0, 0.05) is 10.4 Å². The highest BCUT2D eigenvalue weighted by atomic mass is 32.1. The maximum atomic E-state index is 9.20. The van der Waals surface area contributed by atoms with Crippen LogP contribution in [0.4, 0.5) is 0 Å². The molecule has 0 bridgehead atoms. The molecule has 1 aromatic rings. The molecule has 2 nitrogen and oxygen atoms in total. The van der Waals surface area contributed by atoms with E-state index >= 15 is 0 Å². The summed E-state index contributed by atoms with van der Waals surface area (Å²) in [6.45, 7) is 0. The van der Waals surface area contributed by atoms with Gasteiger partial charge < -0.3 is 0 Å². The van der Waals surface area contributed by atoms with E-state index in [-0.39, 0.29) is 0 Å². The van der Waals surface area contributed by atoms with Crippen LogP contribution in [0.5, 0.6) is 0 Å². The van der Waals surface area contributed by atoms with Gasteiger partial charge in [0.2, 0.25) is 0 Å². The lowest BCUT2D eigenvalue weighted by Gasteiger charge is -2.30. The molecule has 1 aliphatic carbocycles. The van der Waals surface area contributed by atoms with Crippen molar-refractivity contribution in [1.82, 2.24) is 5.32 Å². The van der Waals surface area contributed by atoms with Gasteiger partial charge in [0.1, 0.15) is 5.54 Å². The molecule has 1 atom stereocenters. The van der Waals surface area contributed by atoms with Crippen LogP contribution < -0.4 is 5.32 Å². The van der Waals surface area contributed by atoms with Crippen molar-refractivity contribution in [3.8, 4) is 6.07 Å². The van der Waals surface area contributed by atoms with Gasteiger partial charge in [-0.3, -0.25) is 5.32 Å². The van der Waals surface area contributed by atoms with Crippen molar-refractivity contribution < 1.29 is 0 Å². The molecule has 0 radical (unpaired) electrons. The van der Waals surface area contributed by atoms with Crippen LogP contribution in [0, 0.1) is 11.3 Å². The summed E-state index contributed by atoms with van der Waals surface area (Å²) in [5.41, 5.74) is 0.793. The molecule has 1 N–H and O–H groups in total. The molecular formula is C10H12N2S. The van der Waals surface area contributed by atoms with E-state index in [4.69, 9.17) is 0 Å². The third-order valence-electron chi connectivity index (χ3n) is 2.78. The first-order valence-electron chi connectivity index (χ1n) is 4.49. The van der Waals surface area contributed by atoms with E-state index in [0.29, 0.717) is 0 Å². The molecule has 0 saturated heterocycles. The number of aryl methyl sites for hydroxylation is 1. The Hall–Kier alpha value is -0.850. The van der Waals surface area contributed by atoms with Crippen molar-refractivity contribution in [2.24, 2.45) is 0 Å². The highest BCUT2D eigenvalue weighted by Crippen LogP contribution is 2.37. The van der Waals surface area contributed by atoms with E-state index in [1.807, 2.05) is 7.05 Å². The lowest BCUT2D eigenvalue weighted by Crippen LogP contribution is -2.40. The van der Waals surface area contributed by atoms with Crippen LogP contribution in [0.3, 0.4) is 0 Å². The molecule has 1 unspecified atom stereocenters. The molecule has 0 aliphatic heterocycles. The largest absolute Gasteiger partial charge is 0.299 e. The molecule has 13 heavy (non-hydrogen) atoms. The van der Waals surface area contributed by atoms with Crippen LogP contribution in [0.2, 0.25) is 0 Å². The minimum Gasteiger partial charge on any atom is -0.299 e. The van der Waals surface area contributed by atoms with Gasteiger partial charge in [-0.2, -0.15) is 5.26 Å². The van der Waals surface area contributed by atoms with Crippen LogP contribution in [0.25, 0.3) is 0 Å². The van der Waals surface area contributed by atoms with Crippen LogP contribution in [0.1, 0.15) is 23.3 Å². The quantitative estimate of drug-likeness (QED) is 0.739. The summed E-state index contributed by atoms with van der Waals surface area (Å²) in [6, 6.07) is 4.49. The summed E-state index contributed by atoms with van der Waals surface area (Å²) in [7, 11) is 1.87. The lowest BCUT2D eigenvalue weighted by molar-refractivity contribution is 0.399. The SMILES string of the molecule is CNC1(C#N)CCCc2sccc21. The second kappa shape index (κ2) is 3.13. The minimum atomic E-state index is -0.409. The maximum absolute atomic E-state index is 9.20. The summed E-state index contributed by atoms with van der Waals surface area (Å²) in [6.07, 6.45) is 3.18. The first kappa shape index (κ1) is 8.74. The number of fused-ring (bicyclic) bond motifs is 1. The molecule has 68 valence electrons. The molecule has 0 spiro atoms. The minimum absolute atomic E-state index is 0.409. The van der Waals surface area contributed by atoms with Crippen LogP contribution in [-0.4, -0.2) is 7.05 Å². The average molecular weight is 192 g/mol. The number of thiophene rings is 1. The van der Waals surface area contributed by atoms with Crippen molar-refractivity contribution in [2.45, 2.75) is 24.8 Å². The third kappa shape index (κ3) is 1.18. The van der Waals surface area contributed by atoms with Crippen LogP contribution in [-0.2, 0) is 12.0 Å². The second-order valence-corrected chi connectivity index (χ2v) is 4.38. The maximum Gasteiger partial charge on any atom is 0.133 e. The molecule has 1 aliphatic rings. The first-order chi connectivity index (χ1) is 6.32. The number of nitriles is 1. The molecule has 1 aromatic heterocycles. The zero-order chi connectivity index (χ0) is 9.31. The number of nitrogens with zero attached hydrogens (tertiary/aromatic N) is 1.